The first-order valence-electron chi connectivity index (χ1n) is 7.75. The standard InChI is InChI=1S/C17H14N4O3S2/c1-3-6-21-15(22)14(26-17(21)18-16-20-19-10(2)25-16)8-11-4-5-12-13(7-11)24-9-23-12/h3-5,7-8H,1,6,9H2,2H3/b14-8+,18-17+. The van der Waals surface area contributed by atoms with Gasteiger partial charge in [-0.1, -0.05) is 23.5 Å². The Morgan fingerprint density at radius 1 is 1.35 bits per heavy atom. The minimum absolute atomic E-state index is 0.118. The molecule has 0 spiro atoms. The topological polar surface area (TPSA) is 76.9 Å². The predicted molar refractivity (Wildman–Crippen MR) is 102 cm³/mol. The zero-order valence-corrected chi connectivity index (χ0v) is 15.5. The third-order valence-corrected chi connectivity index (χ3v) is 5.34. The highest BCUT2D eigenvalue weighted by molar-refractivity contribution is 8.18. The molecule has 0 radical (unpaired) electrons. The van der Waals surface area contributed by atoms with Crippen LogP contribution < -0.4 is 9.47 Å². The molecule has 4 rings (SSSR count). The molecule has 2 aromatic rings. The Morgan fingerprint density at radius 3 is 2.96 bits per heavy atom. The number of hydrogen-bond acceptors (Lipinski definition) is 8. The number of nitrogens with zero attached hydrogens (tertiary/aromatic N) is 4. The molecule has 1 aromatic heterocycles. The highest BCUT2D eigenvalue weighted by Gasteiger charge is 2.33. The minimum Gasteiger partial charge on any atom is -0.454 e. The van der Waals surface area contributed by atoms with Crippen molar-refractivity contribution in [2.45, 2.75) is 6.92 Å². The number of fused-ring (bicyclic) bond motifs is 1. The van der Waals surface area contributed by atoms with Crippen LogP contribution in [-0.4, -0.2) is 39.5 Å². The summed E-state index contributed by atoms with van der Waals surface area (Å²) in [4.78, 5) is 19.4. The van der Waals surface area contributed by atoms with Crippen molar-refractivity contribution in [3.05, 3.63) is 46.3 Å². The smallest absolute Gasteiger partial charge is 0.267 e. The van der Waals surface area contributed by atoms with Gasteiger partial charge in [-0.2, -0.15) is 4.99 Å². The van der Waals surface area contributed by atoms with Crippen molar-refractivity contribution in [1.29, 1.82) is 0 Å². The van der Waals surface area contributed by atoms with Gasteiger partial charge in [0.05, 0.1) is 4.91 Å². The summed E-state index contributed by atoms with van der Waals surface area (Å²) in [7, 11) is 0. The maximum absolute atomic E-state index is 12.8. The summed E-state index contributed by atoms with van der Waals surface area (Å²) >= 11 is 2.68. The maximum atomic E-state index is 12.8. The summed E-state index contributed by atoms with van der Waals surface area (Å²) < 4.78 is 10.7. The van der Waals surface area contributed by atoms with Gasteiger partial charge in [0.25, 0.3) is 5.91 Å². The van der Waals surface area contributed by atoms with Gasteiger partial charge in [-0.15, -0.1) is 16.8 Å². The number of carbonyl (C=O) groups excluding carboxylic acids is 1. The molecule has 1 aromatic carbocycles. The van der Waals surface area contributed by atoms with E-state index in [4.69, 9.17) is 9.47 Å². The second-order valence-corrected chi connectivity index (χ2v) is 7.60. The fraction of sp³-hybridized carbons (Fsp3) is 0.176. The van der Waals surface area contributed by atoms with Crippen molar-refractivity contribution in [3.63, 3.8) is 0 Å². The first kappa shape index (κ1) is 16.8. The third kappa shape index (κ3) is 3.23. The second kappa shape index (κ2) is 6.93. The lowest BCUT2D eigenvalue weighted by atomic mass is 10.2. The Bertz CT molecular complexity index is 951. The average molecular weight is 386 g/mol. The van der Waals surface area contributed by atoms with Crippen LogP contribution in [0.4, 0.5) is 5.13 Å². The number of ether oxygens (including phenoxy) is 2. The number of benzene rings is 1. The number of amidine groups is 1. The molecule has 0 bridgehead atoms. The molecule has 132 valence electrons. The van der Waals surface area contributed by atoms with Crippen LogP contribution >= 0.6 is 23.1 Å². The van der Waals surface area contributed by atoms with Gasteiger partial charge in [-0.05, 0) is 42.5 Å². The van der Waals surface area contributed by atoms with Crippen LogP contribution in [0.25, 0.3) is 6.08 Å². The lowest BCUT2D eigenvalue weighted by molar-refractivity contribution is -0.121. The molecule has 1 saturated heterocycles. The molecule has 0 atom stereocenters. The van der Waals surface area contributed by atoms with Crippen molar-refractivity contribution in [2.75, 3.05) is 13.3 Å². The van der Waals surface area contributed by atoms with E-state index in [-0.39, 0.29) is 12.7 Å². The minimum atomic E-state index is -0.118. The molecule has 9 heteroatoms. The van der Waals surface area contributed by atoms with Gasteiger partial charge < -0.3 is 9.47 Å². The number of aromatic nitrogens is 2. The third-order valence-electron chi connectivity index (χ3n) is 3.60. The Hall–Kier alpha value is -2.65. The molecule has 0 saturated carbocycles. The Morgan fingerprint density at radius 2 is 2.19 bits per heavy atom. The Balaban J connectivity index is 1.66. The highest BCUT2D eigenvalue weighted by atomic mass is 32.2. The molecule has 1 fully saturated rings. The van der Waals surface area contributed by atoms with Gasteiger partial charge in [0, 0.05) is 6.54 Å². The molecule has 2 aliphatic rings. The van der Waals surface area contributed by atoms with Crippen molar-refractivity contribution >= 4 is 45.4 Å². The monoisotopic (exact) mass is 386 g/mol. The summed E-state index contributed by atoms with van der Waals surface area (Å²) in [5.74, 6) is 1.27. The number of rotatable bonds is 4. The molecule has 0 N–H and O–H groups in total. The molecular formula is C17H14N4O3S2. The van der Waals surface area contributed by atoms with E-state index in [1.165, 1.54) is 23.1 Å². The zero-order valence-electron chi connectivity index (χ0n) is 13.8. The normalized spacial score (nSPS) is 19.0. The summed E-state index contributed by atoms with van der Waals surface area (Å²) in [5, 5.41) is 9.87. The van der Waals surface area contributed by atoms with Gasteiger partial charge in [-0.25, -0.2) is 0 Å². The summed E-state index contributed by atoms with van der Waals surface area (Å²) in [5.41, 5.74) is 0.858. The SMILES string of the molecule is C=CCN1C(=O)/C(=C\c2ccc3c(c2)OCO3)S/C1=N/c1nnc(C)s1. The van der Waals surface area contributed by atoms with Gasteiger partial charge in [0.15, 0.2) is 16.7 Å². The Kier molecular flexibility index (Phi) is 4.48. The molecule has 1 amide bonds. The highest BCUT2D eigenvalue weighted by Crippen LogP contribution is 2.37. The zero-order chi connectivity index (χ0) is 18.1. The number of thioether (sulfide) groups is 1. The fourth-order valence-corrected chi connectivity index (χ4v) is 4.06. The number of aryl methyl sites for hydroxylation is 1. The number of carbonyl (C=O) groups is 1. The molecule has 2 aliphatic heterocycles. The molecule has 0 unspecified atom stereocenters. The first-order chi connectivity index (χ1) is 12.6. The van der Waals surface area contributed by atoms with Crippen molar-refractivity contribution in [2.24, 2.45) is 4.99 Å². The lowest BCUT2D eigenvalue weighted by Crippen LogP contribution is -2.29. The van der Waals surface area contributed by atoms with Crippen LogP contribution in [0, 0.1) is 6.92 Å². The van der Waals surface area contributed by atoms with Crippen LogP contribution in [0.3, 0.4) is 0 Å². The van der Waals surface area contributed by atoms with Crippen LogP contribution in [0.1, 0.15) is 10.6 Å². The quantitative estimate of drug-likeness (QED) is 0.592. The van der Waals surface area contributed by atoms with E-state index >= 15 is 0 Å². The van der Waals surface area contributed by atoms with Gasteiger partial charge in [0.2, 0.25) is 11.9 Å². The van der Waals surface area contributed by atoms with E-state index < -0.39 is 0 Å². The van der Waals surface area contributed by atoms with E-state index in [0.29, 0.717) is 33.2 Å². The first-order valence-corrected chi connectivity index (χ1v) is 9.38. The van der Waals surface area contributed by atoms with Crippen molar-refractivity contribution in [3.8, 4) is 11.5 Å². The second-order valence-electron chi connectivity index (χ2n) is 5.43. The van der Waals surface area contributed by atoms with E-state index in [0.717, 1.165) is 10.6 Å². The largest absolute Gasteiger partial charge is 0.454 e. The number of aliphatic imine (C=N–C) groups is 1. The maximum Gasteiger partial charge on any atom is 0.267 e. The van der Waals surface area contributed by atoms with Crippen molar-refractivity contribution < 1.29 is 14.3 Å². The van der Waals surface area contributed by atoms with E-state index in [1.54, 1.807) is 11.0 Å². The van der Waals surface area contributed by atoms with Crippen LogP contribution in [0.15, 0.2) is 40.8 Å². The van der Waals surface area contributed by atoms with E-state index in [9.17, 15) is 4.79 Å². The molecule has 26 heavy (non-hydrogen) atoms. The van der Waals surface area contributed by atoms with Gasteiger partial charge >= 0.3 is 0 Å². The van der Waals surface area contributed by atoms with Gasteiger partial charge in [0.1, 0.15) is 5.01 Å². The summed E-state index contributed by atoms with van der Waals surface area (Å²) in [6.07, 6.45) is 3.49. The molecular weight excluding hydrogens is 372 g/mol. The van der Waals surface area contributed by atoms with Crippen LogP contribution in [0.2, 0.25) is 0 Å². The van der Waals surface area contributed by atoms with E-state index in [2.05, 4.69) is 21.8 Å². The van der Waals surface area contributed by atoms with Crippen LogP contribution in [0.5, 0.6) is 11.5 Å². The van der Waals surface area contributed by atoms with Crippen LogP contribution in [-0.2, 0) is 4.79 Å². The number of hydrogen-bond donors (Lipinski definition) is 0. The average Bonchev–Trinajstić information content (AvgIpc) is 3.31. The lowest BCUT2D eigenvalue weighted by Gasteiger charge is -2.11. The fourth-order valence-electron chi connectivity index (χ4n) is 2.45. The summed E-state index contributed by atoms with van der Waals surface area (Å²) in [6.45, 7) is 6.17. The summed E-state index contributed by atoms with van der Waals surface area (Å²) in [6, 6.07) is 5.57. The van der Waals surface area contributed by atoms with Crippen molar-refractivity contribution in [1.82, 2.24) is 15.1 Å². The molecule has 0 aliphatic carbocycles. The molecule has 3 heterocycles. The number of amides is 1. The van der Waals surface area contributed by atoms with Gasteiger partial charge in [-0.3, -0.25) is 9.69 Å². The Labute approximate surface area is 158 Å². The molecule has 7 nitrogen and oxygen atoms in total. The predicted octanol–water partition coefficient (Wildman–Crippen LogP) is 3.37. The van der Waals surface area contributed by atoms with E-state index in [1.807, 2.05) is 31.2 Å².